The van der Waals surface area contributed by atoms with Crippen molar-refractivity contribution in [1.29, 1.82) is 0 Å². The molecule has 2 aromatic carbocycles. The van der Waals surface area contributed by atoms with E-state index in [4.69, 9.17) is 9.15 Å². The summed E-state index contributed by atoms with van der Waals surface area (Å²) >= 11 is 0. The Morgan fingerprint density at radius 3 is 2.71 bits per heavy atom. The SMILES string of the molecule is O=C(NCCOc1ccccc1F)c1cc2ccccc2oc1=O. The van der Waals surface area contributed by atoms with Gasteiger partial charge in [-0.25, -0.2) is 9.18 Å². The Morgan fingerprint density at radius 1 is 1.12 bits per heavy atom. The van der Waals surface area contributed by atoms with Crippen molar-refractivity contribution >= 4 is 16.9 Å². The van der Waals surface area contributed by atoms with Crippen molar-refractivity contribution in [2.45, 2.75) is 0 Å². The largest absolute Gasteiger partial charge is 0.489 e. The molecule has 1 N–H and O–H groups in total. The predicted molar refractivity (Wildman–Crippen MR) is 86.7 cm³/mol. The summed E-state index contributed by atoms with van der Waals surface area (Å²) in [5.74, 6) is -0.928. The molecule has 0 saturated carbocycles. The molecule has 24 heavy (non-hydrogen) atoms. The van der Waals surface area contributed by atoms with Crippen LogP contribution in [0.5, 0.6) is 5.75 Å². The standard InChI is InChI=1S/C18H14FNO4/c19-14-6-2-4-8-16(14)23-10-9-20-17(21)13-11-12-5-1-3-7-15(12)24-18(13)22/h1-8,11H,9-10H2,(H,20,21). The maximum atomic E-state index is 13.4. The molecule has 1 aromatic heterocycles. The first-order valence-electron chi connectivity index (χ1n) is 7.33. The first-order valence-corrected chi connectivity index (χ1v) is 7.33. The Kier molecular flexibility index (Phi) is 4.56. The summed E-state index contributed by atoms with van der Waals surface area (Å²) in [5.41, 5.74) is -0.372. The number of hydrogen-bond donors (Lipinski definition) is 1. The van der Waals surface area contributed by atoms with Crippen LogP contribution in [0.4, 0.5) is 4.39 Å². The fourth-order valence-corrected chi connectivity index (χ4v) is 2.20. The molecule has 0 bridgehead atoms. The summed E-state index contributed by atoms with van der Waals surface area (Å²) in [6.07, 6.45) is 0. The number of halogens is 1. The van der Waals surface area contributed by atoms with Crippen molar-refractivity contribution in [1.82, 2.24) is 5.32 Å². The smallest absolute Gasteiger partial charge is 0.349 e. The lowest BCUT2D eigenvalue weighted by atomic mass is 10.2. The molecular weight excluding hydrogens is 313 g/mol. The van der Waals surface area contributed by atoms with Gasteiger partial charge in [-0.3, -0.25) is 4.79 Å². The Bertz CT molecular complexity index is 935. The van der Waals surface area contributed by atoms with Crippen molar-refractivity contribution in [2.75, 3.05) is 13.2 Å². The molecular formula is C18H14FNO4. The van der Waals surface area contributed by atoms with Crippen LogP contribution in [0.15, 0.2) is 63.8 Å². The van der Waals surface area contributed by atoms with Gasteiger partial charge in [-0.05, 0) is 24.3 Å². The van der Waals surface area contributed by atoms with Crippen molar-refractivity contribution < 1.29 is 18.3 Å². The number of carbonyl (C=O) groups is 1. The first kappa shape index (κ1) is 15.7. The Morgan fingerprint density at radius 2 is 1.88 bits per heavy atom. The van der Waals surface area contributed by atoms with Gasteiger partial charge in [0, 0.05) is 5.39 Å². The third-order valence-electron chi connectivity index (χ3n) is 3.37. The summed E-state index contributed by atoms with van der Waals surface area (Å²) in [7, 11) is 0. The van der Waals surface area contributed by atoms with Crippen LogP contribution in [-0.4, -0.2) is 19.1 Å². The highest BCUT2D eigenvalue weighted by Gasteiger charge is 2.13. The fourth-order valence-electron chi connectivity index (χ4n) is 2.20. The molecule has 5 nitrogen and oxygen atoms in total. The molecule has 0 radical (unpaired) electrons. The Labute approximate surface area is 136 Å². The van der Waals surface area contributed by atoms with Crippen molar-refractivity contribution in [3.05, 3.63) is 76.4 Å². The summed E-state index contributed by atoms with van der Waals surface area (Å²) in [6, 6.07) is 14.4. The van der Waals surface area contributed by atoms with Crippen LogP contribution in [0.25, 0.3) is 11.0 Å². The van der Waals surface area contributed by atoms with Gasteiger partial charge in [-0.15, -0.1) is 0 Å². The monoisotopic (exact) mass is 327 g/mol. The van der Waals surface area contributed by atoms with E-state index in [9.17, 15) is 14.0 Å². The average molecular weight is 327 g/mol. The number of amides is 1. The fraction of sp³-hybridized carbons (Fsp3) is 0.111. The summed E-state index contributed by atoms with van der Waals surface area (Å²) in [4.78, 5) is 24.0. The average Bonchev–Trinajstić information content (AvgIpc) is 2.59. The third-order valence-corrected chi connectivity index (χ3v) is 3.37. The highest BCUT2D eigenvalue weighted by atomic mass is 19.1. The molecule has 0 saturated heterocycles. The number of benzene rings is 2. The van der Waals surface area contributed by atoms with Crippen LogP contribution in [0.3, 0.4) is 0 Å². The van der Waals surface area contributed by atoms with E-state index in [1.807, 2.05) is 0 Å². The molecule has 3 aromatic rings. The van der Waals surface area contributed by atoms with E-state index < -0.39 is 17.3 Å². The predicted octanol–water partition coefficient (Wildman–Crippen LogP) is 2.74. The van der Waals surface area contributed by atoms with Gasteiger partial charge in [0.25, 0.3) is 5.91 Å². The summed E-state index contributed by atoms with van der Waals surface area (Å²) in [6.45, 7) is 0.199. The Hall–Kier alpha value is -3.15. The lowest BCUT2D eigenvalue weighted by Crippen LogP contribution is -2.31. The molecule has 3 rings (SSSR count). The zero-order chi connectivity index (χ0) is 16.9. The minimum atomic E-state index is -0.707. The number of ether oxygens (including phenoxy) is 1. The quantitative estimate of drug-likeness (QED) is 0.578. The van der Waals surface area contributed by atoms with Gasteiger partial charge in [0.2, 0.25) is 0 Å². The number of rotatable bonds is 5. The van der Waals surface area contributed by atoms with E-state index in [1.165, 1.54) is 18.2 Å². The number of carbonyl (C=O) groups excluding carboxylic acids is 1. The molecule has 0 atom stereocenters. The van der Waals surface area contributed by atoms with Gasteiger partial charge < -0.3 is 14.5 Å². The van der Waals surface area contributed by atoms with Crippen LogP contribution in [0.1, 0.15) is 10.4 Å². The molecule has 0 fully saturated rings. The molecule has 0 aliphatic heterocycles. The number of hydrogen-bond acceptors (Lipinski definition) is 4. The summed E-state index contributed by atoms with van der Waals surface area (Å²) < 4.78 is 23.7. The van der Waals surface area contributed by atoms with Crippen LogP contribution in [0, 0.1) is 5.82 Å². The van der Waals surface area contributed by atoms with Gasteiger partial charge in [0.1, 0.15) is 17.8 Å². The molecule has 0 aliphatic carbocycles. The molecule has 0 aliphatic rings. The molecule has 1 amide bonds. The normalized spacial score (nSPS) is 10.5. The third kappa shape index (κ3) is 3.43. The zero-order valence-electron chi connectivity index (χ0n) is 12.6. The van der Waals surface area contributed by atoms with Crippen molar-refractivity contribution in [3.63, 3.8) is 0 Å². The second-order valence-corrected chi connectivity index (χ2v) is 5.02. The minimum absolute atomic E-state index is 0.0750. The maximum Gasteiger partial charge on any atom is 0.349 e. The summed E-state index contributed by atoms with van der Waals surface area (Å²) in [5, 5.41) is 3.21. The topological polar surface area (TPSA) is 68.5 Å². The second kappa shape index (κ2) is 6.95. The van der Waals surface area contributed by atoms with E-state index >= 15 is 0 Å². The van der Waals surface area contributed by atoms with Gasteiger partial charge >= 0.3 is 5.63 Å². The van der Waals surface area contributed by atoms with Crippen LogP contribution in [0.2, 0.25) is 0 Å². The second-order valence-electron chi connectivity index (χ2n) is 5.02. The molecule has 6 heteroatoms. The van der Waals surface area contributed by atoms with E-state index in [2.05, 4.69) is 5.32 Å². The van der Waals surface area contributed by atoms with E-state index in [-0.39, 0.29) is 24.5 Å². The lowest BCUT2D eigenvalue weighted by molar-refractivity contribution is 0.0943. The molecule has 1 heterocycles. The highest BCUT2D eigenvalue weighted by Crippen LogP contribution is 2.15. The van der Waals surface area contributed by atoms with Gasteiger partial charge in [-0.1, -0.05) is 30.3 Å². The number of fused-ring (bicyclic) bond motifs is 1. The van der Waals surface area contributed by atoms with E-state index in [1.54, 1.807) is 36.4 Å². The Balaban J connectivity index is 1.62. The lowest BCUT2D eigenvalue weighted by Gasteiger charge is -2.08. The molecule has 0 spiro atoms. The zero-order valence-corrected chi connectivity index (χ0v) is 12.6. The van der Waals surface area contributed by atoms with E-state index in [0.717, 1.165) is 0 Å². The van der Waals surface area contributed by atoms with Gasteiger partial charge in [0.05, 0.1) is 6.54 Å². The van der Waals surface area contributed by atoms with Crippen molar-refractivity contribution in [3.8, 4) is 5.75 Å². The first-order chi connectivity index (χ1) is 11.6. The number of para-hydroxylation sites is 2. The molecule has 122 valence electrons. The van der Waals surface area contributed by atoms with Crippen LogP contribution in [-0.2, 0) is 0 Å². The maximum absolute atomic E-state index is 13.4. The molecule has 0 unspecified atom stereocenters. The van der Waals surface area contributed by atoms with Crippen molar-refractivity contribution in [2.24, 2.45) is 0 Å². The van der Waals surface area contributed by atoms with Crippen LogP contribution >= 0.6 is 0 Å². The van der Waals surface area contributed by atoms with E-state index in [0.29, 0.717) is 11.0 Å². The van der Waals surface area contributed by atoms with Crippen LogP contribution < -0.4 is 15.7 Å². The van der Waals surface area contributed by atoms with Gasteiger partial charge in [-0.2, -0.15) is 0 Å². The minimum Gasteiger partial charge on any atom is -0.489 e. The highest BCUT2D eigenvalue weighted by molar-refractivity contribution is 5.96. The number of nitrogens with one attached hydrogen (secondary N) is 1. The van der Waals surface area contributed by atoms with Gasteiger partial charge in [0.15, 0.2) is 11.6 Å².